The van der Waals surface area contributed by atoms with Gasteiger partial charge in [0.2, 0.25) is 0 Å². The molecule has 0 saturated carbocycles. The number of ketones is 1. The number of hydrogen-bond acceptors (Lipinski definition) is 4. The number of morpholine rings is 1. The van der Waals surface area contributed by atoms with Crippen molar-refractivity contribution >= 4 is 11.8 Å². The zero-order chi connectivity index (χ0) is 15.5. The van der Waals surface area contributed by atoms with Gasteiger partial charge in [-0.05, 0) is 27.7 Å². The van der Waals surface area contributed by atoms with Crippen LogP contribution in [0.25, 0.3) is 0 Å². The summed E-state index contributed by atoms with van der Waals surface area (Å²) >= 11 is 0. The van der Waals surface area contributed by atoms with Gasteiger partial charge in [0.1, 0.15) is 11.1 Å². The highest BCUT2D eigenvalue weighted by molar-refractivity contribution is 6.15. The van der Waals surface area contributed by atoms with Crippen molar-refractivity contribution in [2.24, 2.45) is 0 Å². The molecule has 1 saturated heterocycles. The molecule has 0 radical (unpaired) electrons. The predicted octanol–water partition coefficient (Wildman–Crippen LogP) is 2.25. The number of fused-ring (bicyclic) bond motifs is 2. The Morgan fingerprint density at radius 1 is 1.10 bits per heavy atom. The van der Waals surface area contributed by atoms with Crippen molar-refractivity contribution in [1.82, 2.24) is 5.32 Å². The van der Waals surface area contributed by atoms with Crippen LogP contribution in [0.3, 0.4) is 0 Å². The summed E-state index contributed by atoms with van der Waals surface area (Å²) in [4.78, 5) is 25.2. The van der Waals surface area contributed by atoms with Gasteiger partial charge in [-0.25, -0.2) is 4.79 Å². The lowest BCUT2D eigenvalue weighted by atomic mass is 9.83. The van der Waals surface area contributed by atoms with Gasteiger partial charge in [-0.2, -0.15) is 0 Å². The van der Waals surface area contributed by atoms with Crippen LogP contribution in [0.4, 0.5) is 0 Å². The van der Waals surface area contributed by atoms with E-state index in [0.29, 0.717) is 11.1 Å². The maximum atomic E-state index is 12.8. The van der Waals surface area contributed by atoms with Gasteiger partial charge in [-0.3, -0.25) is 10.1 Å². The standard InChI is InChI=1S/C17H19NO3/c1-15(2)16(3)10-12(17(4,18-16)14(20)21-15)13(19)11-8-6-5-7-9-11/h5-10,18H,1-4H3/t16-,17+/m1/s1. The van der Waals surface area contributed by atoms with E-state index in [1.54, 1.807) is 19.1 Å². The molecule has 2 aliphatic heterocycles. The van der Waals surface area contributed by atoms with Crippen molar-refractivity contribution in [3.8, 4) is 0 Å². The number of nitrogens with one attached hydrogen (secondary N) is 1. The maximum absolute atomic E-state index is 12.8. The number of Topliss-reactive ketones (excluding diaryl/α,β-unsaturated/α-hetero) is 1. The van der Waals surface area contributed by atoms with E-state index in [0.717, 1.165) is 0 Å². The predicted molar refractivity (Wildman–Crippen MR) is 79.0 cm³/mol. The molecule has 2 heterocycles. The fraction of sp³-hybridized carbons (Fsp3) is 0.412. The van der Waals surface area contributed by atoms with E-state index in [1.165, 1.54) is 0 Å². The molecule has 2 atom stereocenters. The first-order valence-electron chi connectivity index (χ1n) is 7.05. The molecule has 1 aromatic rings. The molecule has 4 heteroatoms. The Labute approximate surface area is 124 Å². The molecule has 1 aromatic carbocycles. The number of carbonyl (C=O) groups excluding carboxylic acids is 2. The Balaban J connectivity index is 2.11. The van der Waals surface area contributed by atoms with E-state index in [9.17, 15) is 9.59 Å². The highest BCUT2D eigenvalue weighted by atomic mass is 16.6. The van der Waals surface area contributed by atoms with Crippen molar-refractivity contribution in [2.45, 2.75) is 44.4 Å². The molecule has 2 bridgehead atoms. The van der Waals surface area contributed by atoms with Crippen LogP contribution in [-0.4, -0.2) is 28.4 Å². The maximum Gasteiger partial charge on any atom is 0.331 e. The smallest absolute Gasteiger partial charge is 0.331 e. The summed E-state index contributed by atoms with van der Waals surface area (Å²) < 4.78 is 5.58. The van der Waals surface area contributed by atoms with Crippen LogP contribution in [-0.2, 0) is 9.53 Å². The van der Waals surface area contributed by atoms with E-state index >= 15 is 0 Å². The average molecular weight is 285 g/mol. The normalized spacial score (nSPS) is 33.3. The number of cyclic esters (lactones) is 1. The first kappa shape index (κ1) is 14.0. The van der Waals surface area contributed by atoms with Gasteiger partial charge < -0.3 is 4.74 Å². The van der Waals surface area contributed by atoms with Crippen molar-refractivity contribution < 1.29 is 14.3 Å². The van der Waals surface area contributed by atoms with Crippen molar-refractivity contribution in [1.29, 1.82) is 0 Å². The lowest BCUT2D eigenvalue weighted by Crippen LogP contribution is -2.69. The first-order chi connectivity index (χ1) is 9.70. The van der Waals surface area contributed by atoms with Crippen molar-refractivity contribution in [3.63, 3.8) is 0 Å². The van der Waals surface area contributed by atoms with E-state index in [2.05, 4.69) is 5.32 Å². The number of ether oxygens (including phenoxy) is 1. The molecule has 0 spiro atoms. The van der Waals surface area contributed by atoms with E-state index < -0.39 is 22.6 Å². The third-order valence-electron chi connectivity index (χ3n) is 4.77. The fourth-order valence-corrected chi connectivity index (χ4v) is 3.02. The third-order valence-corrected chi connectivity index (χ3v) is 4.77. The number of benzene rings is 1. The Kier molecular flexibility index (Phi) is 2.70. The number of rotatable bonds is 2. The summed E-state index contributed by atoms with van der Waals surface area (Å²) in [5.74, 6) is -0.540. The third kappa shape index (κ3) is 1.79. The largest absolute Gasteiger partial charge is 0.456 e. The van der Waals surface area contributed by atoms with Gasteiger partial charge in [0.05, 0.1) is 5.54 Å². The number of carbonyl (C=O) groups is 2. The van der Waals surface area contributed by atoms with Crippen LogP contribution in [0.1, 0.15) is 38.1 Å². The molecule has 110 valence electrons. The Hall–Kier alpha value is -1.94. The molecule has 1 fully saturated rings. The highest BCUT2D eigenvalue weighted by Crippen LogP contribution is 2.45. The SMILES string of the molecule is CC1(C)OC(=O)[C@@]2(C)N[C@]1(C)C=C2C(=O)c1ccccc1. The molecule has 0 amide bonds. The zero-order valence-electron chi connectivity index (χ0n) is 12.7. The Morgan fingerprint density at radius 3 is 2.33 bits per heavy atom. The van der Waals surface area contributed by atoms with Gasteiger partial charge in [-0.15, -0.1) is 0 Å². The molecule has 0 aliphatic carbocycles. The van der Waals surface area contributed by atoms with E-state index in [4.69, 9.17) is 4.74 Å². The molecule has 1 N–H and O–H groups in total. The second-order valence-corrected chi connectivity index (χ2v) is 6.61. The van der Waals surface area contributed by atoms with Crippen LogP contribution in [0.15, 0.2) is 42.0 Å². The lowest BCUT2D eigenvalue weighted by Gasteiger charge is -2.47. The summed E-state index contributed by atoms with van der Waals surface area (Å²) in [5.41, 5.74) is -1.31. The van der Waals surface area contributed by atoms with Gasteiger partial charge >= 0.3 is 5.97 Å². The van der Waals surface area contributed by atoms with Crippen LogP contribution in [0.2, 0.25) is 0 Å². The van der Waals surface area contributed by atoms with Crippen molar-refractivity contribution in [2.75, 3.05) is 0 Å². The lowest BCUT2D eigenvalue weighted by molar-refractivity contribution is -0.178. The molecule has 4 nitrogen and oxygen atoms in total. The number of esters is 1. The highest BCUT2D eigenvalue weighted by Gasteiger charge is 2.62. The van der Waals surface area contributed by atoms with Crippen LogP contribution in [0.5, 0.6) is 0 Å². The molecule has 0 unspecified atom stereocenters. The minimum atomic E-state index is -1.09. The summed E-state index contributed by atoms with van der Waals surface area (Å²) in [5, 5.41) is 3.30. The topological polar surface area (TPSA) is 55.4 Å². The Bertz CT molecular complexity index is 662. The van der Waals surface area contributed by atoms with Gasteiger partial charge in [0.15, 0.2) is 5.78 Å². The Morgan fingerprint density at radius 2 is 1.71 bits per heavy atom. The molecule has 3 rings (SSSR count). The molecule has 2 aliphatic rings. The van der Waals surface area contributed by atoms with Crippen molar-refractivity contribution in [3.05, 3.63) is 47.5 Å². The molecule has 0 aromatic heterocycles. The van der Waals surface area contributed by atoms with E-state index in [1.807, 2.05) is 45.0 Å². The quantitative estimate of drug-likeness (QED) is 0.669. The minimum absolute atomic E-state index is 0.135. The minimum Gasteiger partial charge on any atom is -0.456 e. The molecule has 21 heavy (non-hydrogen) atoms. The summed E-state index contributed by atoms with van der Waals surface area (Å²) in [6, 6.07) is 9.00. The average Bonchev–Trinajstić information content (AvgIpc) is 2.70. The second kappa shape index (κ2) is 4.04. The van der Waals surface area contributed by atoms with Crippen LogP contribution < -0.4 is 5.32 Å². The molecular weight excluding hydrogens is 266 g/mol. The molecular formula is C17H19NO3. The summed E-state index contributed by atoms with van der Waals surface area (Å²) in [6.45, 7) is 7.36. The van der Waals surface area contributed by atoms with Crippen LogP contribution >= 0.6 is 0 Å². The van der Waals surface area contributed by atoms with Crippen LogP contribution in [0, 0.1) is 0 Å². The second-order valence-electron chi connectivity index (χ2n) is 6.61. The monoisotopic (exact) mass is 285 g/mol. The number of hydrogen-bond donors (Lipinski definition) is 1. The van der Waals surface area contributed by atoms with Gasteiger partial charge in [-0.1, -0.05) is 36.4 Å². The first-order valence-corrected chi connectivity index (χ1v) is 7.05. The summed E-state index contributed by atoms with van der Waals surface area (Å²) in [6.07, 6.45) is 1.85. The van der Waals surface area contributed by atoms with E-state index in [-0.39, 0.29) is 5.78 Å². The van der Waals surface area contributed by atoms with Gasteiger partial charge in [0.25, 0.3) is 0 Å². The zero-order valence-corrected chi connectivity index (χ0v) is 12.7. The van der Waals surface area contributed by atoms with Gasteiger partial charge in [0, 0.05) is 11.1 Å². The summed E-state index contributed by atoms with van der Waals surface area (Å²) in [7, 11) is 0. The fourth-order valence-electron chi connectivity index (χ4n) is 3.02.